The lowest BCUT2D eigenvalue weighted by Crippen LogP contribution is -2.69. The van der Waals surface area contributed by atoms with Crippen LogP contribution in [-0.4, -0.2) is 52.4 Å². The monoisotopic (exact) mass is 1080 g/mol. The number of fused-ring (bicyclic) bond motifs is 1. The summed E-state index contributed by atoms with van der Waals surface area (Å²) in [6.45, 7) is 14.0. The quantitative estimate of drug-likeness (QED) is 0.189. The van der Waals surface area contributed by atoms with Crippen LogP contribution in [0.25, 0.3) is 17.2 Å². The maximum absolute atomic E-state index is 14.4. The lowest BCUT2D eigenvalue weighted by Gasteiger charge is -2.74. The number of Topliss-reactive ketones (excluding diaryl/α,β-unsaturated/α-hetero) is 1. The van der Waals surface area contributed by atoms with Gasteiger partial charge in [0, 0.05) is 59.4 Å². The summed E-state index contributed by atoms with van der Waals surface area (Å²) in [5, 5.41) is 48.2. The van der Waals surface area contributed by atoms with Crippen LogP contribution in [0.2, 0.25) is 0 Å². The Labute approximate surface area is 477 Å². The van der Waals surface area contributed by atoms with E-state index in [0.717, 1.165) is 115 Å². The molecule has 18 rings (SSSR count). The first-order chi connectivity index (χ1) is 38.7. The lowest BCUT2D eigenvalue weighted by molar-refractivity contribution is -0.167. The normalized spacial score (nSPS) is 40.1. The molecule has 14 atom stereocenters. The molecule has 0 unspecified atom stereocenters. The molecule has 15 bridgehead atoms. The van der Waals surface area contributed by atoms with Crippen LogP contribution < -0.4 is 21.1 Å². The molecule has 0 saturated heterocycles. The van der Waals surface area contributed by atoms with Crippen LogP contribution >= 0.6 is 0 Å². The van der Waals surface area contributed by atoms with Crippen molar-refractivity contribution in [2.45, 2.75) is 187 Å². The molecule has 0 amide bonds. The maximum atomic E-state index is 14.4. The highest BCUT2D eigenvalue weighted by Gasteiger charge is 2.78. The minimum Gasteiger partial charge on any atom is -0.481 e. The van der Waals surface area contributed by atoms with Crippen molar-refractivity contribution in [3.05, 3.63) is 135 Å². The zero-order valence-corrected chi connectivity index (χ0v) is 48.6. The second kappa shape index (κ2) is 20.0. The summed E-state index contributed by atoms with van der Waals surface area (Å²) in [7, 11) is 0. The van der Waals surface area contributed by atoms with Crippen molar-refractivity contribution in [3.8, 4) is 0 Å². The Kier molecular flexibility index (Phi) is 13.3. The number of rotatable bonds is 5. The van der Waals surface area contributed by atoms with Crippen LogP contribution in [0.15, 0.2) is 113 Å². The molecule has 2 aromatic carbocycles. The Morgan fingerprint density at radius 1 is 0.838 bits per heavy atom. The van der Waals surface area contributed by atoms with Crippen LogP contribution in [0.5, 0.6) is 0 Å². The van der Waals surface area contributed by atoms with Crippen molar-refractivity contribution < 1.29 is 24.9 Å². The topological polar surface area (TPSA) is 119 Å². The van der Waals surface area contributed by atoms with Gasteiger partial charge in [0.2, 0.25) is 0 Å². The minimum atomic E-state index is -0.731. The zero-order chi connectivity index (χ0) is 54.9. The molecule has 3 spiro atoms. The summed E-state index contributed by atoms with van der Waals surface area (Å²) in [5.74, 6) is 1.85. The first-order valence-corrected chi connectivity index (χ1v) is 32.4. The Hall–Kier alpha value is -4.72. The van der Waals surface area contributed by atoms with Gasteiger partial charge in [0.1, 0.15) is 5.78 Å². The van der Waals surface area contributed by atoms with Gasteiger partial charge in [-0.3, -0.25) is 9.59 Å². The van der Waals surface area contributed by atoms with E-state index in [1.54, 1.807) is 16.7 Å². The molecule has 6 heterocycles. The number of carboxylic acids is 1. The van der Waals surface area contributed by atoms with Gasteiger partial charge in [0.25, 0.3) is 0 Å². The molecular weight excluding hydrogens is 985 g/mol. The highest BCUT2D eigenvalue weighted by molar-refractivity contribution is 5.79. The average Bonchev–Trinajstić information content (AvgIpc) is 3.67. The highest BCUT2D eigenvalue weighted by atomic mass is 16.4. The molecule has 7 nitrogen and oxygen atoms in total. The summed E-state index contributed by atoms with van der Waals surface area (Å²) in [4.78, 5) is 27.1. The molecular formula is C73H92N2O5. The lowest BCUT2D eigenvalue weighted by atomic mass is 9.29. The molecule has 5 saturated carbocycles. The number of hydrogen-bond donors (Lipinski definition) is 5. The molecule has 0 aromatic heterocycles. The molecule has 5 N–H and O–H groups in total. The Morgan fingerprint density at radius 3 is 2.46 bits per heavy atom. The van der Waals surface area contributed by atoms with E-state index in [4.69, 9.17) is 6.58 Å². The van der Waals surface area contributed by atoms with Gasteiger partial charge in [0.15, 0.2) is 0 Å². The summed E-state index contributed by atoms with van der Waals surface area (Å²) in [5.41, 5.74) is 11.0. The first-order valence-electron chi connectivity index (χ1n) is 32.4. The number of benzene rings is 2. The molecule has 5 fully saturated rings. The molecule has 0 radical (unpaired) electrons. The fourth-order valence-corrected chi connectivity index (χ4v) is 22.4. The van der Waals surface area contributed by atoms with E-state index >= 15 is 0 Å². The summed E-state index contributed by atoms with van der Waals surface area (Å²) in [6.07, 6.45) is 34.4. The van der Waals surface area contributed by atoms with E-state index in [0.29, 0.717) is 55.1 Å². The van der Waals surface area contributed by atoms with E-state index in [1.165, 1.54) is 76.0 Å². The predicted octanol–water partition coefficient (Wildman–Crippen LogP) is 13.0. The zero-order valence-electron chi connectivity index (χ0n) is 48.6. The average molecular weight is 1080 g/mol. The van der Waals surface area contributed by atoms with E-state index in [-0.39, 0.29) is 45.3 Å². The van der Waals surface area contributed by atoms with E-state index in [9.17, 15) is 24.9 Å². The number of aliphatic carboxylic acids is 1. The number of nitrogens with one attached hydrogen (secondary N) is 2. The maximum Gasteiger partial charge on any atom is 0.306 e. The second-order valence-corrected chi connectivity index (χ2v) is 29.1. The van der Waals surface area contributed by atoms with E-state index in [2.05, 4.69) is 110 Å². The van der Waals surface area contributed by atoms with Gasteiger partial charge in [0.05, 0.1) is 23.9 Å². The SMILES string of the molecule is C=C1CC[C@@H](C(=O)O)[C@H]2[C@H](O)[C@H]3CCC[C@@]24CCC2=C(C[C@]56C=C7C(=c8ccccc8=C[C@@H]7[C@@]27CC[C@H](O)[C@@](C)(CC=C5C[C@@H](C)C2CCC(=O)CC2)[C@@H]76)Cc2cccc(c2)C2=CC=C(NCCC[C@H]1C1CCCCC1)NC2)[C@]34C. The van der Waals surface area contributed by atoms with Crippen molar-refractivity contribution in [3.63, 3.8) is 0 Å². The number of carbonyl (C=O) groups excluding carboxylic acids is 1. The molecule has 2 aromatic rings. The van der Waals surface area contributed by atoms with Crippen molar-refractivity contribution in [1.29, 1.82) is 0 Å². The number of hydrogen-bond acceptors (Lipinski definition) is 6. The summed E-state index contributed by atoms with van der Waals surface area (Å²) < 4.78 is 0. The molecule has 424 valence electrons. The van der Waals surface area contributed by atoms with Crippen molar-refractivity contribution in [2.75, 3.05) is 13.1 Å². The van der Waals surface area contributed by atoms with Crippen LogP contribution in [-0.2, 0) is 16.0 Å². The number of ketones is 1. The van der Waals surface area contributed by atoms with Gasteiger partial charge in [-0.1, -0.05) is 148 Å². The standard InChI is InChI=1S/C73H92N2O5/c1-44-21-27-56(67(79)80)65-66(78)60-20-11-32-72(65)34-30-59-62(70(60,72)4)42-71-41-58-57(39-46-13-10-17-49(38-46)51-24-28-64(75-43-51)74-36-12-19-54(44)48-14-6-5-7-15-48)55-18-9-8-16-50(55)40-61(58)73(59)35-31-63(77)69(3,68(71)73)33-29-52(71)37-45(2)47-22-25-53(76)26-23-47/h8-10,13,16-18,24,28-29,38,40-41,45,47-48,54,56,60-61,63,65-66,68,74-75,77-78H,1,5-7,11-12,14-15,19-23,25-27,30-37,39,42-43H2,2-4H3,(H,79,80)/t45-,54-,56-,60-,61+,63+,65+,66-,68-,69-,70+,71-,72-,73-/m1/s1. The van der Waals surface area contributed by atoms with Crippen molar-refractivity contribution in [1.82, 2.24) is 10.6 Å². The van der Waals surface area contributed by atoms with E-state index < -0.39 is 29.5 Å². The Bertz CT molecular complexity index is 3180. The molecule has 16 aliphatic rings. The largest absolute Gasteiger partial charge is 0.481 e. The third-order valence-electron chi connectivity index (χ3n) is 25.9. The highest BCUT2D eigenvalue weighted by Crippen LogP contribution is 2.83. The minimum absolute atomic E-state index is 0.0222. The van der Waals surface area contributed by atoms with Gasteiger partial charge >= 0.3 is 5.97 Å². The third-order valence-corrected chi connectivity index (χ3v) is 25.9. The molecule has 80 heavy (non-hydrogen) atoms. The van der Waals surface area contributed by atoms with E-state index in [1.807, 2.05) is 0 Å². The fourth-order valence-electron chi connectivity index (χ4n) is 22.4. The smallest absolute Gasteiger partial charge is 0.306 e. The van der Waals surface area contributed by atoms with Gasteiger partial charge in [-0.25, -0.2) is 0 Å². The molecule has 6 aliphatic heterocycles. The number of allylic oxidation sites excluding steroid dienone is 9. The molecule has 10 aliphatic carbocycles. The molecule has 7 heteroatoms. The predicted molar refractivity (Wildman–Crippen MR) is 320 cm³/mol. The third kappa shape index (κ3) is 7.89. The number of aliphatic hydroxyl groups is 2. The van der Waals surface area contributed by atoms with Crippen molar-refractivity contribution >= 4 is 29.0 Å². The van der Waals surface area contributed by atoms with Crippen LogP contribution in [0.4, 0.5) is 0 Å². The van der Waals surface area contributed by atoms with Gasteiger partial charge < -0.3 is 26.0 Å². The Morgan fingerprint density at radius 2 is 1.66 bits per heavy atom. The number of carbonyl (C=O) groups is 2. The number of carboxylic acid groups (broad SMARTS) is 1. The van der Waals surface area contributed by atoms with Gasteiger partial charge in [-0.15, -0.1) is 0 Å². The van der Waals surface area contributed by atoms with Gasteiger partial charge in [-0.05, 0) is 201 Å². The van der Waals surface area contributed by atoms with Crippen LogP contribution in [0, 0.1) is 80.3 Å². The van der Waals surface area contributed by atoms with Crippen molar-refractivity contribution in [2.24, 2.45) is 80.3 Å². The second-order valence-electron chi connectivity index (χ2n) is 29.1. The summed E-state index contributed by atoms with van der Waals surface area (Å²) in [6, 6.07) is 18.6. The summed E-state index contributed by atoms with van der Waals surface area (Å²) >= 11 is 0. The number of dihydropyridines is 1. The van der Waals surface area contributed by atoms with Crippen LogP contribution in [0.3, 0.4) is 0 Å². The number of aliphatic hydroxyl groups excluding tert-OH is 2. The Balaban J connectivity index is 0.976. The fraction of sp³-hybridized carbons (Fsp3) is 0.616. The van der Waals surface area contributed by atoms with Crippen LogP contribution in [0.1, 0.15) is 180 Å². The van der Waals surface area contributed by atoms with Gasteiger partial charge in [-0.2, -0.15) is 0 Å². The first kappa shape index (κ1) is 53.3.